The van der Waals surface area contributed by atoms with Crippen molar-refractivity contribution in [2.45, 2.75) is 43.7 Å². The van der Waals surface area contributed by atoms with Crippen LogP contribution in [0.1, 0.15) is 43.7 Å². The van der Waals surface area contributed by atoms with Gasteiger partial charge in [-0.25, -0.2) is 4.39 Å². The molecule has 2 atom stereocenters. The Bertz CT molecular complexity index is 473. The highest BCUT2D eigenvalue weighted by Crippen LogP contribution is 2.47. The smallest absolute Gasteiger partial charge is 0.129 e. The predicted molar refractivity (Wildman–Crippen MR) is 76.7 cm³/mol. The van der Waals surface area contributed by atoms with Gasteiger partial charge in [-0.15, -0.1) is 0 Å². The number of hydrogen-bond donors (Lipinski definition) is 2. The van der Waals surface area contributed by atoms with Crippen molar-refractivity contribution in [3.05, 3.63) is 34.6 Å². The van der Waals surface area contributed by atoms with Crippen LogP contribution in [0.25, 0.3) is 0 Å². The third-order valence-corrected chi connectivity index (χ3v) is 5.09. The van der Waals surface area contributed by atoms with Crippen molar-refractivity contribution in [1.82, 2.24) is 5.43 Å². The van der Waals surface area contributed by atoms with Crippen LogP contribution in [0.2, 0.25) is 5.02 Å². The summed E-state index contributed by atoms with van der Waals surface area (Å²) in [7, 11) is 0. The topological polar surface area (TPSA) is 47.3 Å². The van der Waals surface area contributed by atoms with Gasteiger partial charge >= 0.3 is 0 Å². The molecule has 0 radical (unpaired) electrons. The van der Waals surface area contributed by atoms with Crippen LogP contribution < -0.4 is 11.3 Å². The van der Waals surface area contributed by atoms with Gasteiger partial charge in [-0.1, -0.05) is 17.7 Å². The van der Waals surface area contributed by atoms with Crippen molar-refractivity contribution in [1.29, 1.82) is 0 Å². The zero-order valence-corrected chi connectivity index (χ0v) is 12.1. The van der Waals surface area contributed by atoms with E-state index in [1.54, 1.807) is 12.1 Å². The van der Waals surface area contributed by atoms with E-state index in [-0.39, 0.29) is 23.4 Å². The zero-order valence-electron chi connectivity index (χ0n) is 11.4. The lowest BCUT2D eigenvalue weighted by Crippen LogP contribution is -2.48. The fourth-order valence-corrected chi connectivity index (χ4v) is 3.81. The summed E-state index contributed by atoms with van der Waals surface area (Å²) in [5.74, 6) is 5.66. The zero-order chi connectivity index (χ0) is 14.2. The lowest BCUT2D eigenvalue weighted by atomic mass is 9.69. The molecule has 3 nitrogen and oxygen atoms in total. The molecule has 1 saturated carbocycles. The predicted octanol–water partition coefficient (Wildman–Crippen LogP) is 3.33. The average Bonchev–Trinajstić information content (AvgIpc) is 2.41. The first-order valence-corrected chi connectivity index (χ1v) is 7.57. The van der Waals surface area contributed by atoms with Gasteiger partial charge in [0.15, 0.2) is 0 Å². The van der Waals surface area contributed by atoms with Crippen LogP contribution in [0.4, 0.5) is 4.39 Å². The maximum absolute atomic E-state index is 14.1. The minimum Gasteiger partial charge on any atom is -0.375 e. The minimum absolute atomic E-state index is 0.00967. The van der Waals surface area contributed by atoms with Gasteiger partial charge in [0.05, 0.1) is 11.6 Å². The first-order chi connectivity index (χ1) is 9.65. The minimum atomic E-state index is -0.297. The molecule has 5 heteroatoms. The van der Waals surface area contributed by atoms with Crippen molar-refractivity contribution in [3.63, 3.8) is 0 Å². The van der Waals surface area contributed by atoms with Crippen molar-refractivity contribution in [3.8, 4) is 0 Å². The number of rotatable bonds is 3. The molecule has 20 heavy (non-hydrogen) atoms. The maximum Gasteiger partial charge on any atom is 0.129 e. The molecule has 1 aromatic carbocycles. The summed E-state index contributed by atoms with van der Waals surface area (Å²) in [4.78, 5) is 0. The number of halogens is 2. The summed E-state index contributed by atoms with van der Waals surface area (Å²) in [6.45, 7) is 0.717. The van der Waals surface area contributed by atoms with E-state index in [1.807, 2.05) is 0 Å². The number of hydrazine groups is 1. The molecule has 1 aromatic rings. The fraction of sp³-hybridized carbons (Fsp3) is 0.600. The molecule has 2 unspecified atom stereocenters. The van der Waals surface area contributed by atoms with Gasteiger partial charge in [0.1, 0.15) is 5.82 Å². The molecule has 1 spiro atoms. The van der Waals surface area contributed by atoms with E-state index in [1.165, 1.54) is 12.5 Å². The Morgan fingerprint density at radius 2 is 2.25 bits per heavy atom. The quantitative estimate of drug-likeness (QED) is 0.665. The van der Waals surface area contributed by atoms with E-state index in [4.69, 9.17) is 22.2 Å². The molecule has 1 heterocycles. The first kappa shape index (κ1) is 14.3. The monoisotopic (exact) mass is 298 g/mol. The highest BCUT2D eigenvalue weighted by atomic mass is 35.5. The Morgan fingerprint density at radius 3 is 2.85 bits per heavy atom. The lowest BCUT2D eigenvalue weighted by Gasteiger charge is -2.48. The normalized spacial score (nSPS) is 26.2. The summed E-state index contributed by atoms with van der Waals surface area (Å²) in [6, 6.07) is 4.50. The Kier molecular flexibility index (Phi) is 4.00. The van der Waals surface area contributed by atoms with E-state index in [9.17, 15) is 4.39 Å². The average molecular weight is 299 g/mol. The Morgan fingerprint density at radius 1 is 1.45 bits per heavy atom. The highest BCUT2D eigenvalue weighted by Gasteiger charge is 2.44. The fourth-order valence-electron chi connectivity index (χ4n) is 3.53. The van der Waals surface area contributed by atoms with E-state index in [2.05, 4.69) is 5.43 Å². The van der Waals surface area contributed by atoms with E-state index in [0.717, 1.165) is 32.3 Å². The van der Waals surface area contributed by atoms with E-state index in [0.29, 0.717) is 10.6 Å². The van der Waals surface area contributed by atoms with Gasteiger partial charge < -0.3 is 4.74 Å². The highest BCUT2D eigenvalue weighted by molar-refractivity contribution is 6.31. The van der Waals surface area contributed by atoms with E-state index < -0.39 is 0 Å². The molecule has 1 aliphatic carbocycles. The van der Waals surface area contributed by atoms with Gasteiger partial charge in [-0.05, 0) is 50.2 Å². The van der Waals surface area contributed by atoms with Gasteiger partial charge in [0.2, 0.25) is 0 Å². The van der Waals surface area contributed by atoms with Crippen LogP contribution >= 0.6 is 11.6 Å². The van der Waals surface area contributed by atoms with Crippen molar-refractivity contribution < 1.29 is 9.13 Å². The van der Waals surface area contributed by atoms with Gasteiger partial charge in [0.25, 0.3) is 0 Å². The second-order valence-corrected chi connectivity index (χ2v) is 6.32. The molecule has 2 fully saturated rings. The molecule has 1 saturated heterocycles. The molecule has 0 aromatic heterocycles. The van der Waals surface area contributed by atoms with Crippen molar-refractivity contribution in [2.24, 2.45) is 11.8 Å². The molecule has 3 N–H and O–H groups in total. The van der Waals surface area contributed by atoms with Crippen LogP contribution in [0, 0.1) is 11.7 Å². The van der Waals surface area contributed by atoms with Crippen LogP contribution in [0.3, 0.4) is 0 Å². The van der Waals surface area contributed by atoms with E-state index >= 15 is 0 Å². The van der Waals surface area contributed by atoms with Gasteiger partial charge in [-0.2, -0.15) is 0 Å². The Labute approximate surface area is 123 Å². The standard InChI is InChI=1S/C15H20ClFN2O/c16-11-3-1-4-12(17)13(11)14(19-18)10-5-8-20-15(9-10)6-2-7-15/h1,3-4,10,14,19H,2,5-9,18H2. The third-order valence-electron chi connectivity index (χ3n) is 4.76. The Hall–Kier alpha value is -0.680. The van der Waals surface area contributed by atoms with Crippen LogP contribution in [0.15, 0.2) is 18.2 Å². The van der Waals surface area contributed by atoms with Gasteiger partial charge in [0, 0.05) is 17.2 Å². The second kappa shape index (κ2) is 5.60. The summed E-state index contributed by atoms with van der Waals surface area (Å²) < 4.78 is 20.0. The number of ether oxygens (including phenoxy) is 1. The summed E-state index contributed by atoms with van der Waals surface area (Å²) in [6.07, 6.45) is 5.22. The molecule has 110 valence electrons. The van der Waals surface area contributed by atoms with Crippen LogP contribution in [-0.2, 0) is 4.74 Å². The molecular formula is C15H20ClFN2O. The maximum atomic E-state index is 14.1. The SMILES string of the molecule is NNC(c1c(F)cccc1Cl)C1CCOC2(CCC2)C1. The molecular weight excluding hydrogens is 279 g/mol. The number of benzene rings is 1. The van der Waals surface area contributed by atoms with Gasteiger partial charge in [-0.3, -0.25) is 11.3 Å². The second-order valence-electron chi connectivity index (χ2n) is 5.92. The van der Waals surface area contributed by atoms with Crippen molar-refractivity contribution >= 4 is 11.6 Å². The summed E-state index contributed by atoms with van der Waals surface area (Å²) in [5, 5.41) is 0.433. The number of nitrogens with one attached hydrogen (secondary N) is 1. The summed E-state index contributed by atoms with van der Waals surface area (Å²) >= 11 is 6.17. The number of nitrogens with two attached hydrogens (primary N) is 1. The Balaban J connectivity index is 1.86. The molecule has 1 aliphatic heterocycles. The third kappa shape index (κ3) is 2.46. The summed E-state index contributed by atoms with van der Waals surface area (Å²) in [5.41, 5.74) is 3.27. The lowest BCUT2D eigenvalue weighted by molar-refractivity contribution is -0.147. The molecule has 0 bridgehead atoms. The molecule has 3 rings (SSSR count). The molecule has 0 amide bonds. The largest absolute Gasteiger partial charge is 0.375 e. The number of hydrogen-bond acceptors (Lipinski definition) is 3. The van der Waals surface area contributed by atoms with Crippen LogP contribution in [0.5, 0.6) is 0 Å². The van der Waals surface area contributed by atoms with Crippen LogP contribution in [-0.4, -0.2) is 12.2 Å². The van der Waals surface area contributed by atoms with Crippen molar-refractivity contribution in [2.75, 3.05) is 6.61 Å². The molecule has 2 aliphatic rings. The first-order valence-electron chi connectivity index (χ1n) is 7.19.